The van der Waals surface area contributed by atoms with Crippen LogP contribution in [0.5, 0.6) is 0 Å². The Hall–Kier alpha value is -3.31. The molecule has 0 aliphatic rings. The number of furan rings is 1. The van der Waals surface area contributed by atoms with Gasteiger partial charge in [-0.15, -0.1) is 0 Å². The van der Waals surface area contributed by atoms with Crippen molar-refractivity contribution in [2.45, 2.75) is 0 Å². The van der Waals surface area contributed by atoms with Crippen LogP contribution in [0.4, 0.5) is 4.79 Å². The third-order valence-electron chi connectivity index (χ3n) is 4.88. The molecule has 0 spiro atoms. The number of rotatable bonds is 6. The number of hydrogen-bond donors (Lipinski definition) is 0. The van der Waals surface area contributed by atoms with E-state index >= 15 is 0 Å². The Labute approximate surface area is 172 Å². The fourth-order valence-electron chi connectivity index (χ4n) is 3.56. The number of carbonyl (C=O) groups is 1. The molecular weight excluding hydrogens is 421 g/mol. The fourth-order valence-corrected chi connectivity index (χ4v) is 12.0. The van der Waals surface area contributed by atoms with Crippen LogP contribution in [-0.2, 0) is 4.74 Å². The monoisotopic (exact) mass is 442 g/mol. The molecule has 3 nitrogen and oxygen atoms in total. The van der Waals surface area contributed by atoms with E-state index in [0.29, 0.717) is 5.76 Å². The Kier molecular flexibility index (Phi) is 5.77. The van der Waals surface area contributed by atoms with Gasteiger partial charge in [-0.3, -0.25) is 0 Å². The van der Waals surface area contributed by atoms with Crippen molar-refractivity contribution in [2.24, 2.45) is 0 Å². The van der Waals surface area contributed by atoms with Crippen molar-refractivity contribution in [3.8, 4) is 0 Å². The Morgan fingerprint density at radius 2 is 1.17 bits per heavy atom. The summed E-state index contributed by atoms with van der Waals surface area (Å²) in [5.41, 5.74) is 0. The van der Waals surface area contributed by atoms with E-state index < -0.39 is 13.3 Å². The van der Waals surface area contributed by atoms with Gasteiger partial charge in [0, 0.05) is 0 Å². The second kappa shape index (κ2) is 8.80. The van der Waals surface area contributed by atoms with Gasteiger partial charge in [-0.25, -0.2) is 0 Å². The normalized spacial score (nSPS) is 11.4. The van der Waals surface area contributed by atoms with Gasteiger partial charge in [0.1, 0.15) is 0 Å². The van der Waals surface area contributed by atoms with Gasteiger partial charge in [0.2, 0.25) is 0 Å². The first-order valence-corrected chi connectivity index (χ1v) is 13.6. The molecular formula is C25H20GeO3. The van der Waals surface area contributed by atoms with E-state index in [9.17, 15) is 4.79 Å². The van der Waals surface area contributed by atoms with Crippen molar-refractivity contribution in [1.29, 1.82) is 0 Å². The molecule has 0 saturated heterocycles. The number of hydrogen-bond acceptors (Lipinski definition) is 3. The molecule has 0 N–H and O–H groups in total. The van der Waals surface area contributed by atoms with E-state index in [-0.39, 0.29) is 4.80 Å². The number of ether oxygens (including phenoxy) is 1. The predicted octanol–water partition coefficient (Wildman–Crippen LogP) is 4.14. The van der Waals surface area contributed by atoms with Crippen LogP contribution in [0, 0.1) is 0 Å². The summed E-state index contributed by atoms with van der Waals surface area (Å²) in [5.74, 6) is 0.634. The molecule has 4 heteroatoms. The summed E-state index contributed by atoms with van der Waals surface area (Å²) in [6, 6.07) is 33.6. The third kappa shape index (κ3) is 3.82. The SMILES string of the molecule is O=[C](O/C=C/c1ccco1)[Ge]([c]1ccccc1)([c]1ccccc1)[c]1ccccc1. The quantitative estimate of drug-likeness (QED) is 0.334. The second-order valence-corrected chi connectivity index (χ2v) is 14.2. The third-order valence-corrected chi connectivity index (χ3v) is 14.0. The first-order chi connectivity index (χ1) is 14.3. The first kappa shape index (κ1) is 19.0. The molecule has 1 aromatic heterocycles. The minimum absolute atomic E-state index is 0.198. The zero-order chi connectivity index (χ0) is 19.9. The summed E-state index contributed by atoms with van der Waals surface area (Å²) >= 11 is -3.79. The second-order valence-electron chi connectivity index (χ2n) is 6.57. The Morgan fingerprint density at radius 1 is 0.690 bits per heavy atom. The molecule has 0 radical (unpaired) electrons. The van der Waals surface area contributed by atoms with Crippen LogP contribution in [0.3, 0.4) is 0 Å². The van der Waals surface area contributed by atoms with Crippen LogP contribution in [0.15, 0.2) is 120 Å². The van der Waals surface area contributed by atoms with Crippen LogP contribution >= 0.6 is 0 Å². The summed E-state index contributed by atoms with van der Waals surface area (Å²) < 4.78 is 14.1. The molecule has 3 aromatic carbocycles. The van der Waals surface area contributed by atoms with Crippen LogP contribution in [0.2, 0.25) is 0 Å². The van der Waals surface area contributed by atoms with Gasteiger partial charge in [-0.2, -0.15) is 0 Å². The fraction of sp³-hybridized carbons (Fsp3) is 0. The van der Waals surface area contributed by atoms with Gasteiger partial charge >= 0.3 is 173 Å². The Bertz CT molecular complexity index is 976. The molecule has 0 amide bonds. The molecule has 0 atom stereocenters. The molecule has 0 fully saturated rings. The molecule has 0 saturated carbocycles. The van der Waals surface area contributed by atoms with Gasteiger partial charge in [0.25, 0.3) is 0 Å². The molecule has 0 unspecified atom stereocenters. The van der Waals surface area contributed by atoms with E-state index in [4.69, 9.17) is 9.15 Å². The molecule has 29 heavy (non-hydrogen) atoms. The average Bonchev–Trinajstić information content (AvgIpc) is 3.30. The zero-order valence-electron chi connectivity index (χ0n) is 15.8. The van der Waals surface area contributed by atoms with Crippen molar-refractivity contribution >= 4 is 37.3 Å². The molecule has 142 valence electrons. The maximum absolute atomic E-state index is 13.8. The van der Waals surface area contributed by atoms with E-state index in [1.807, 2.05) is 97.1 Å². The first-order valence-electron chi connectivity index (χ1n) is 9.39. The van der Waals surface area contributed by atoms with E-state index in [1.165, 1.54) is 6.26 Å². The van der Waals surface area contributed by atoms with Crippen LogP contribution in [0.1, 0.15) is 5.76 Å². The standard InChI is InChI=1S/C25H20GeO3/c27-25(29-20-18-24-17-10-19-28-24)26(21-11-4-1-5-12-21,22-13-6-2-7-14-22)23-15-8-3-9-16-23/h1-20H/b20-18+. The molecule has 4 aromatic rings. The summed E-state index contributed by atoms with van der Waals surface area (Å²) in [7, 11) is 0. The van der Waals surface area contributed by atoms with E-state index in [1.54, 1.807) is 18.4 Å². The number of benzene rings is 3. The Balaban J connectivity index is 1.86. The van der Waals surface area contributed by atoms with Crippen LogP contribution in [-0.4, -0.2) is 18.1 Å². The topological polar surface area (TPSA) is 39.4 Å². The van der Waals surface area contributed by atoms with Gasteiger partial charge in [-0.1, -0.05) is 0 Å². The molecule has 0 aliphatic heterocycles. The molecule has 1 heterocycles. The van der Waals surface area contributed by atoms with Gasteiger partial charge < -0.3 is 0 Å². The minimum atomic E-state index is -3.79. The van der Waals surface area contributed by atoms with Gasteiger partial charge in [-0.05, 0) is 0 Å². The summed E-state index contributed by atoms with van der Waals surface area (Å²) in [4.78, 5) is 13.6. The molecule has 0 aliphatic carbocycles. The van der Waals surface area contributed by atoms with Crippen molar-refractivity contribution in [2.75, 3.05) is 0 Å². The maximum atomic E-state index is 13.8. The van der Waals surface area contributed by atoms with Gasteiger partial charge in [0.05, 0.1) is 0 Å². The number of carbonyl (C=O) groups excluding carboxylic acids is 1. The van der Waals surface area contributed by atoms with Crippen molar-refractivity contribution in [3.63, 3.8) is 0 Å². The van der Waals surface area contributed by atoms with E-state index in [0.717, 1.165) is 13.2 Å². The molecule has 4 rings (SSSR count). The van der Waals surface area contributed by atoms with Gasteiger partial charge in [0.15, 0.2) is 0 Å². The predicted molar refractivity (Wildman–Crippen MR) is 118 cm³/mol. The Morgan fingerprint density at radius 3 is 1.59 bits per heavy atom. The van der Waals surface area contributed by atoms with E-state index in [2.05, 4.69) is 0 Å². The zero-order valence-corrected chi connectivity index (χ0v) is 17.9. The van der Waals surface area contributed by atoms with Crippen molar-refractivity contribution in [1.82, 2.24) is 0 Å². The van der Waals surface area contributed by atoms with Crippen molar-refractivity contribution in [3.05, 3.63) is 121 Å². The summed E-state index contributed by atoms with van der Waals surface area (Å²) in [6.45, 7) is 0. The summed E-state index contributed by atoms with van der Waals surface area (Å²) in [5, 5.41) is 0. The van der Waals surface area contributed by atoms with Crippen LogP contribution < -0.4 is 13.2 Å². The summed E-state index contributed by atoms with van der Waals surface area (Å²) in [6.07, 6.45) is 4.67. The average molecular weight is 441 g/mol. The van der Waals surface area contributed by atoms with Crippen LogP contribution in [0.25, 0.3) is 6.08 Å². The van der Waals surface area contributed by atoms with Crippen molar-refractivity contribution < 1.29 is 13.9 Å². The molecule has 0 bridgehead atoms.